The van der Waals surface area contributed by atoms with Crippen LogP contribution in [0.4, 0.5) is 0 Å². The zero-order chi connectivity index (χ0) is 24.5. The lowest BCUT2D eigenvalue weighted by Crippen LogP contribution is -2.41. The monoisotopic (exact) mass is 487 g/mol. The minimum absolute atomic E-state index is 0.0222. The van der Waals surface area contributed by atoms with Gasteiger partial charge in [0, 0.05) is 47.6 Å². The Morgan fingerprint density at radius 2 is 1.94 bits per heavy atom. The first kappa shape index (κ1) is 26.6. The Balaban J connectivity index is 0.00000187. The van der Waals surface area contributed by atoms with Gasteiger partial charge in [-0.2, -0.15) is 0 Å². The maximum atomic E-state index is 13.2. The molecule has 0 spiro atoms. The second-order valence-electron chi connectivity index (χ2n) is 7.30. The van der Waals surface area contributed by atoms with Gasteiger partial charge in [0.05, 0.1) is 5.70 Å². The maximum absolute atomic E-state index is 13.2. The number of aldehydes is 1. The van der Waals surface area contributed by atoms with Gasteiger partial charge in [0.1, 0.15) is 12.1 Å². The molecule has 1 unspecified atom stereocenters. The largest absolute Gasteiger partial charge is 0.303 e. The zero-order valence-electron chi connectivity index (χ0n) is 19.8. The van der Waals surface area contributed by atoms with Crippen LogP contribution in [0, 0.1) is 0 Å². The molecule has 1 aromatic heterocycles. The molecule has 0 bridgehead atoms. The molecule has 1 aliphatic heterocycles. The van der Waals surface area contributed by atoms with Crippen molar-refractivity contribution in [1.29, 1.82) is 0 Å². The van der Waals surface area contributed by atoms with E-state index in [1.807, 2.05) is 77.2 Å². The summed E-state index contributed by atoms with van der Waals surface area (Å²) in [6.07, 6.45) is 9.42. The number of aryl methyl sites for hydroxylation is 1. The lowest BCUT2D eigenvalue weighted by molar-refractivity contribution is -0.107. The molecule has 0 radical (unpaired) electrons. The van der Waals surface area contributed by atoms with Crippen LogP contribution in [0.1, 0.15) is 51.1 Å². The Hall–Kier alpha value is -2.63. The van der Waals surface area contributed by atoms with Crippen molar-refractivity contribution in [2.24, 2.45) is 0 Å². The van der Waals surface area contributed by atoms with Gasteiger partial charge in [-0.3, -0.25) is 9.80 Å². The number of alkyl halides is 1. The van der Waals surface area contributed by atoms with Gasteiger partial charge < -0.3 is 4.79 Å². The van der Waals surface area contributed by atoms with E-state index < -0.39 is 0 Å². The molecule has 1 aromatic carbocycles. The Morgan fingerprint density at radius 1 is 1.24 bits per heavy atom. The summed E-state index contributed by atoms with van der Waals surface area (Å²) >= 11 is 12.7. The Bertz CT molecular complexity index is 1130. The first-order valence-corrected chi connectivity index (χ1v) is 11.9. The predicted octanol–water partition coefficient (Wildman–Crippen LogP) is 5.72. The van der Waals surface area contributed by atoms with Gasteiger partial charge >= 0.3 is 0 Å². The quantitative estimate of drug-likeness (QED) is 0.297. The summed E-state index contributed by atoms with van der Waals surface area (Å²) in [5.41, 5.74) is 3.77. The number of hydrogen-bond donors (Lipinski definition) is 0. The van der Waals surface area contributed by atoms with Crippen molar-refractivity contribution < 1.29 is 4.79 Å². The number of fused-ring (bicyclic) bond motifs is 1. The van der Waals surface area contributed by atoms with Crippen molar-refractivity contribution in [3.63, 3.8) is 0 Å². The van der Waals surface area contributed by atoms with E-state index in [0.717, 1.165) is 22.4 Å². The molecule has 0 amide bonds. The van der Waals surface area contributed by atoms with Crippen molar-refractivity contribution in [2.45, 2.75) is 52.3 Å². The molecule has 2 aromatic rings. The van der Waals surface area contributed by atoms with Crippen LogP contribution in [0.5, 0.6) is 0 Å². The average Bonchev–Trinajstić information content (AvgIpc) is 2.95. The van der Waals surface area contributed by atoms with Crippen molar-refractivity contribution in [3.05, 3.63) is 92.2 Å². The molecular weight excluding hydrogens is 457 g/mol. The summed E-state index contributed by atoms with van der Waals surface area (Å²) < 4.78 is 1.55. The summed E-state index contributed by atoms with van der Waals surface area (Å²) in [6, 6.07) is 7.56. The third-order valence-electron chi connectivity index (χ3n) is 5.22. The van der Waals surface area contributed by atoms with E-state index in [1.165, 1.54) is 6.20 Å². The molecule has 33 heavy (non-hydrogen) atoms. The lowest BCUT2D eigenvalue weighted by atomic mass is 9.94. The van der Waals surface area contributed by atoms with Crippen LogP contribution in [-0.4, -0.2) is 28.4 Å². The number of allylic oxidation sites excluding steroid dienone is 5. The van der Waals surface area contributed by atoms with E-state index in [0.29, 0.717) is 35.5 Å². The van der Waals surface area contributed by atoms with Crippen LogP contribution in [0.3, 0.4) is 0 Å². The minimum atomic E-state index is -0.252. The van der Waals surface area contributed by atoms with Gasteiger partial charge in [0.15, 0.2) is 0 Å². The zero-order valence-corrected chi connectivity index (χ0v) is 21.3. The second kappa shape index (κ2) is 12.6. The fourth-order valence-electron chi connectivity index (χ4n) is 3.75. The van der Waals surface area contributed by atoms with Crippen LogP contribution >= 0.6 is 23.2 Å². The van der Waals surface area contributed by atoms with Crippen LogP contribution in [0.2, 0.25) is 5.02 Å². The lowest BCUT2D eigenvalue weighted by Gasteiger charge is -2.28. The van der Waals surface area contributed by atoms with Crippen LogP contribution in [-0.2, 0) is 17.6 Å². The van der Waals surface area contributed by atoms with Crippen LogP contribution in [0.15, 0.2) is 64.6 Å². The van der Waals surface area contributed by atoms with Gasteiger partial charge in [-0.1, -0.05) is 61.9 Å². The smallest absolute Gasteiger partial charge is 0.276 e. The van der Waals surface area contributed by atoms with Crippen molar-refractivity contribution in [2.75, 3.05) is 12.1 Å². The molecule has 176 valence electrons. The third-order valence-corrected chi connectivity index (χ3v) is 5.70. The molecule has 0 saturated heterocycles. The van der Waals surface area contributed by atoms with Crippen LogP contribution in [0.25, 0.3) is 5.70 Å². The van der Waals surface area contributed by atoms with Gasteiger partial charge in [-0.15, -0.1) is 11.6 Å². The van der Waals surface area contributed by atoms with E-state index in [-0.39, 0.29) is 17.4 Å². The first-order valence-electron chi connectivity index (χ1n) is 11.1. The highest BCUT2D eigenvalue weighted by atomic mass is 35.5. The number of hydrogen-bond acceptors (Lipinski definition) is 4. The van der Waals surface area contributed by atoms with Gasteiger partial charge in [0.2, 0.25) is 0 Å². The van der Waals surface area contributed by atoms with E-state index in [1.54, 1.807) is 9.69 Å². The summed E-state index contributed by atoms with van der Waals surface area (Å²) in [6.45, 7) is 7.88. The molecule has 0 fully saturated rings. The number of rotatable bonds is 6. The standard InChI is InChI=1S/C24H25Cl2N3O2.C2H6/c1-4-17(10-9-16(2)25)19-11-12-22-27-15-18(13-14-30)24(31)29(22)28(3)23(19)20-7-5-6-8-21(20)26;1-2/h4-10,14-16H,11-13H2,1-3H3;1-2H3/b10-9-,17-4+;. The average molecular weight is 488 g/mol. The number of benzene rings is 1. The number of aromatic nitrogens is 2. The summed E-state index contributed by atoms with van der Waals surface area (Å²) in [5, 5.41) is 2.26. The van der Waals surface area contributed by atoms with Gasteiger partial charge in [-0.05, 0) is 37.5 Å². The summed E-state index contributed by atoms with van der Waals surface area (Å²) in [5.74, 6) is 0.631. The van der Waals surface area contributed by atoms with Crippen molar-refractivity contribution in [3.8, 4) is 0 Å². The second-order valence-corrected chi connectivity index (χ2v) is 8.39. The predicted molar refractivity (Wildman–Crippen MR) is 139 cm³/mol. The van der Waals surface area contributed by atoms with Crippen molar-refractivity contribution in [1.82, 2.24) is 9.66 Å². The highest BCUT2D eigenvalue weighted by molar-refractivity contribution is 6.32. The van der Waals surface area contributed by atoms with Crippen LogP contribution < -0.4 is 10.6 Å². The van der Waals surface area contributed by atoms with E-state index in [2.05, 4.69) is 4.98 Å². The summed E-state index contributed by atoms with van der Waals surface area (Å²) in [4.78, 5) is 28.7. The molecule has 0 saturated carbocycles. The van der Waals surface area contributed by atoms with E-state index in [9.17, 15) is 9.59 Å². The molecule has 1 aliphatic rings. The number of carbonyl (C=O) groups is 1. The molecule has 5 nitrogen and oxygen atoms in total. The fraction of sp³-hybridized carbons (Fsp3) is 0.346. The summed E-state index contributed by atoms with van der Waals surface area (Å²) in [7, 11) is 1.82. The molecule has 0 aliphatic carbocycles. The molecule has 3 rings (SSSR count). The molecule has 7 heteroatoms. The minimum Gasteiger partial charge on any atom is -0.303 e. The third kappa shape index (κ3) is 6.04. The van der Waals surface area contributed by atoms with E-state index >= 15 is 0 Å². The number of carbonyl (C=O) groups excluding carboxylic acids is 1. The topological polar surface area (TPSA) is 55.2 Å². The SMILES string of the molecule is C/C=C(\C=C/C(C)Cl)C1=C(c2ccccc2Cl)N(C)n2c(ncc(CC=O)c2=O)CC1.CC. The Morgan fingerprint density at radius 3 is 2.55 bits per heavy atom. The maximum Gasteiger partial charge on any atom is 0.276 e. The number of halogens is 2. The van der Waals surface area contributed by atoms with Gasteiger partial charge in [-0.25, -0.2) is 9.66 Å². The molecular formula is C26H31Cl2N3O2. The number of nitrogens with zero attached hydrogens (tertiary/aromatic N) is 3. The Labute approximate surface area is 206 Å². The fourth-order valence-corrected chi connectivity index (χ4v) is 4.05. The first-order chi connectivity index (χ1) is 15.9. The Kier molecular flexibility index (Phi) is 10.1. The normalized spacial score (nSPS) is 15.0. The highest BCUT2D eigenvalue weighted by Gasteiger charge is 2.26. The molecule has 2 heterocycles. The van der Waals surface area contributed by atoms with Gasteiger partial charge in [0.25, 0.3) is 5.56 Å². The highest BCUT2D eigenvalue weighted by Crippen LogP contribution is 2.35. The molecule has 0 N–H and O–H groups in total. The van der Waals surface area contributed by atoms with Crippen molar-refractivity contribution >= 4 is 35.2 Å². The molecule has 1 atom stereocenters. The van der Waals surface area contributed by atoms with E-state index in [4.69, 9.17) is 23.2 Å².